The molecule has 0 saturated carbocycles. The number of pyridine rings is 1. The number of anilines is 4. The van der Waals surface area contributed by atoms with E-state index >= 15 is 0 Å². The number of rotatable bonds is 7. The smallest absolute Gasteiger partial charge is 0.417 e. The first-order chi connectivity index (χ1) is 20.6. The third-order valence-corrected chi connectivity index (χ3v) is 6.41. The van der Waals surface area contributed by atoms with Crippen LogP contribution in [0, 0.1) is 0 Å². The van der Waals surface area contributed by atoms with E-state index in [9.17, 15) is 35.9 Å². The van der Waals surface area contributed by atoms with E-state index in [0.717, 1.165) is 24.3 Å². The van der Waals surface area contributed by atoms with Gasteiger partial charge in [-0.1, -0.05) is 23.2 Å². The van der Waals surface area contributed by atoms with Crippen molar-refractivity contribution in [3.63, 3.8) is 0 Å². The predicted molar refractivity (Wildman–Crippen MR) is 153 cm³/mol. The van der Waals surface area contributed by atoms with Gasteiger partial charge in [0.1, 0.15) is 17.2 Å². The van der Waals surface area contributed by atoms with Gasteiger partial charge < -0.3 is 26.0 Å². The van der Waals surface area contributed by atoms with Gasteiger partial charge in [0, 0.05) is 36.8 Å². The molecule has 0 unspecified atom stereocenters. The number of hydrogen-bond acceptors (Lipinski definition) is 5. The molecule has 4 rings (SSSR count). The van der Waals surface area contributed by atoms with Gasteiger partial charge in [0.15, 0.2) is 0 Å². The maximum atomic E-state index is 13.5. The molecule has 4 aromatic rings. The SMILES string of the molecule is CNC(=O)c1cc(Oc2ccc(NC(=O)Nc3ccc(Cl)c(C(F)(F)F)c3)c(Nc3ccc(Cl)c(C(F)(F)F)c3)c2)ccn1. The molecule has 44 heavy (non-hydrogen) atoms. The molecule has 0 saturated heterocycles. The third-order valence-electron chi connectivity index (χ3n) is 5.75. The van der Waals surface area contributed by atoms with Crippen LogP contribution in [0.15, 0.2) is 72.9 Å². The number of aromatic nitrogens is 1. The van der Waals surface area contributed by atoms with E-state index in [0.29, 0.717) is 6.07 Å². The molecular weight excluding hydrogens is 639 g/mol. The van der Waals surface area contributed by atoms with E-state index in [1.165, 1.54) is 49.6 Å². The molecule has 1 aromatic heterocycles. The van der Waals surface area contributed by atoms with Crippen LogP contribution in [-0.2, 0) is 12.4 Å². The van der Waals surface area contributed by atoms with Gasteiger partial charge in [-0.05, 0) is 54.6 Å². The minimum Gasteiger partial charge on any atom is -0.457 e. The lowest BCUT2D eigenvalue weighted by Crippen LogP contribution is -2.20. The topological polar surface area (TPSA) is 104 Å². The lowest BCUT2D eigenvalue weighted by atomic mass is 10.1. The van der Waals surface area contributed by atoms with Crippen LogP contribution in [-0.4, -0.2) is 24.0 Å². The van der Waals surface area contributed by atoms with Crippen molar-refractivity contribution in [3.8, 4) is 11.5 Å². The van der Waals surface area contributed by atoms with Crippen LogP contribution in [0.3, 0.4) is 0 Å². The lowest BCUT2D eigenvalue weighted by Gasteiger charge is -2.17. The van der Waals surface area contributed by atoms with Gasteiger partial charge in [-0.15, -0.1) is 0 Å². The summed E-state index contributed by atoms with van der Waals surface area (Å²) in [6.45, 7) is 0. The Kier molecular flexibility index (Phi) is 9.44. The zero-order chi connectivity index (χ0) is 32.2. The summed E-state index contributed by atoms with van der Waals surface area (Å²) in [5, 5.41) is 8.77. The Hall–Kier alpha value is -4.69. The molecule has 1 heterocycles. The molecule has 4 N–H and O–H groups in total. The van der Waals surface area contributed by atoms with Crippen molar-refractivity contribution in [3.05, 3.63) is 99.8 Å². The number of alkyl halides is 6. The molecule has 16 heteroatoms. The van der Waals surface area contributed by atoms with Crippen molar-refractivity contribution >= 4 is 57.9 Å². The molecule has 8 nitrogen and oxygen atoms in total. The van der Waals surface area contributed by atoms with Crippen molar-refractivity contribution in [2.75, 3.05) is 23.0 Å². The monoisotopic (exact) mass is 657 g/mol. The Bertz CT molecular complexity index is 1720. The van der Waals surface area contributed by atoms with Crippen molar-refractivity contribution in [1.29, 1.82) is 0 Å². The highest BCUT2D eigenvalue weighted by Crippen LogP contribution is 2.39. The number of halogens is 8. The predicted octanol–water partition coefficient (Wildman–Crippen LogP) is 8.97. The van der Waals surface area contributed by atoms with E-state index in [-0.39, 0.29) is 39.9 Å². The molecule has 230 valence electrons. The molecule has 0 aliphatic carbocycles. The highest BCUT2D eigenvalue weighted by Gasteiger charge is 2.34. The summed E-state index contributed by atoms with van der Waals surface area (Å²) in [4.78, 5) is 28.6. The minimum atomic E-state index is -4.78. The Balaban J connectivity index is 1.66. The van der Waals surface area contributed by atoms with E-state index in [2.05, 4.69) is 26.3 Å². The average molecular weight is 658 g/mol. The summed E-state index contributed by atoms with van der Waals surface area (Å²) in [6.07, 6.45) is -8.22. The van der Waals surface area contributed by atoms with Gasteiger partial charge in [0.25, 0.3) is 5.91 Å². The standard InChI is InChI=1S/C28H19Cl2F6N5O3/c1-37-25(42)24-13-17(8-9-38-24)44-16-4-7-22(23(12-16)39-14-2-5-20(29)18(10-14)27(31,32)33)41-26(43)40-15-3-6-21(30)19(11-15)28(34,35)36/h2-13,39H,1H3,(H,37,42)(H2,40,41,43). The quantitative estimate of drug-likeness (QED) is 0.149. The van der Waals surface area contributed by atoms with Gasteiger partial charge in [0.2, 0.25) is 0 Å². The second-order valence-electron chi connectivity index (χ2n) is 8.85. The summed E-state index contributed by atoms with van der Waals surface area (Å²) in [6, 6.07) is 11.7. The number of hydrogen-bond donors (Lipinski definition) is 4. The molecule has 0 bridgehead atoms. The first-order valence-electron chi connectivity index (χ1n) is 12.2. The fourth-order valence-corrected chi connectivity index (χ4v) is 4.19. The maximum Gasteiger partial charge on any atom is 0.417 e. The van der Waals surface area contributed by atoms with Crippen LogP contribution in [0.4, 0.5) is 53.9 Å². The Morgan fingerprint density at radius 1 is 0.727 bits per heavy atom. The van der Waals surface area contributed by atoms with Crippen LogP contribution in [0.1, 0.15) is 21.6 Å². The normalized spacial score (nSPS) is 11.5. The highest BCUT2D eigenvalue weighted by atomic mass is 35.5. The van der Waals surface area contributed by atoms with Crippen molar-refractivity contribution in [2.24, 2.45) is 0 Å². The number of carbonyl (C=O) groups is 2. The first-order valence-corrected chi connectivity index (χ1v) is 13.0. The summed E-state index contributed by atoms with van der Waals surface area (Å²) in [7, 11) is 1.42. The van der Waals surface area contributed by atoms with Crippen molar-refractivity contribution in [2.45, 2.75) is 12.4 Å². The van der Waals surface area contributed by atoms with E-state index in [1.54, 1.807) is 0 Å². The minimum absolute atomic E-state index is 0.00384. The van der Waals surface area contributed by atoms with Crippen molar-refractivity contribution < 1.29 is 40.7 Å². The fraction of sp³-hybridized carbons (Fsp3) is 0.107. The molecule has 3 aromatic carbocycles. The molecule has 0 aliphatic heterocycles. The second-order valence-corrected chi connectivity index (χ2v) is 9.67. The van der Waals surface area contributed by atoms with Gasteiger partial charge in [-0.2, -0.15) is 26.3 Å². The number of urea groups is 1. The fourth-order valence-electron chi connectivity index (χ4n) is 3.74. The summed E-state index contributed by atoms with van der Waals surface area (Å²) in [5.41, 5.74) is -2.50. The van der Waals surface area contributed by atoms with Gasteiger partial charge >= 0.3 is 18.4 Å². The van der Waals surface area contributed by atoms with Crippen LogP contribution in [0.2, 0.25) is 10.0 Å². The number of carbonyl (C=O) groups excluding carboxylic acids is 2. The molecule has 0 atom stereocenters. The highest BCUT2D eigenvalue weighted by molar-refractivity contribution is 6.31. The molecule has 3 amide bonds. The molecule has 0 aliphatic rings. The van der Waals surface area contributed by atoms with Crippen LogP contribution < -0.4 is 26.0 Å². The Labute approximate surface area is 255 Å². The lowest BCUT2D eigenvalue weighted by molar-refractivity contribution is -0.138. The number of benzene rings is 3. The van der Waals surface area contributed by atoms with Crippen LogP contribution >= 0.6 is 23.2 Å². The number of ether oxygens (including phenoxy) is 1. The number of nitrogens with zero attached hydrogens (tertiary/aromatic N) is 1. The Morgan fingerprint density at radius 2 is 1.32 bits per heavy atom. The molecule has 0 radical (unpaired) electrons. The van der Waals surface area contributed by atoms with Crippen LogP contribution in [0.25, 0.3) is 0 Å². The van der Waals surface area contributed by atoms with E-state index < -0.39 is 45.5 Å². The second kappa shape index (κ2) is 12.9. The molecular formula is C28H19Cl2F6N5O3. The average Bonchev–Trinajstić information content (AvgIpc) is 2.95. The summed E-state index contributed by atoms with van der Waals surface area (Å²) < 4.78 is 85.9. The first kappa shape index (κ1) is 32.2. The summed E-state index contributed by atoms with van der Waals surface area (Å²) in [5.74, 6) is -0.156. The maximum absolute atomic E-state index is 13.5. The zero-order valence-corrected chi connectivity index (χ0v) is 23.6. The van der Waals surface area contributed by atoms with Gasteiger partial charge in [0.05, 0.1) is 32.5 Å². The van der Waals surface area contributed by atoms with Crippen molar-refractivity contribution in [1.82, 2.24) is 10.3 Å². The summed E-state index contributed by atoms with van der Waals surface area (Å²) >= 11 is 11.4. The van der Waals surface area contributed by atoms with Gasteiger partial charge in [-0.25, -0.2) is 4.79 Å². The Morgan fingerprint density at radius 3 is 1.93 bits per heavy atom. The molecule has 0 spiro atoms. The molecule has 0 fully saturated rings. The van der Waals surface area contributed by atoms with E-state index in [1.807, 2.05) is 0 Å². The number of amides is 3. The van der Waals surface area contributed by atoms with Crippen LogP contribution in [0.5, 0.6) is 11.5 Å². The largest absolute Gasteiger partial charge is 0.457 e. The van der Waals surface area contributed by atoms with E-state index in [4.69, 9.17) is 27.9 Å². The van der Waals surface area contributed by atoms with Gasteiger partial charge in [-0.3, -0.25) is 9.78 Å². The zero-order valence-electron chi connectivity index (χ0n) is 22.1. The number of nitrogens with one attached hydrogen (secondary N) is 4. The third kappa shape index (κ3) is 8.02.